The smallest absolute Gasteiger partial charge is 0.258 e. The number of rotatable bonds is 7. The van der Waals surface area contributed by atoms with Gasteiger partial charge < -0.3 is 14.5 Å². The summed E-state index contributed by atoms with van der Waals surface area (Å²) in [7, 11) is -3.42. The number of furan rings is 1. The third kappa shape index (κ3) is 4.29. The monoisotopic (exact) mass is 474 g/mol. The van der Waals surface area contributed by atoms with E-state index >= 15 is 0 Å². The van der Waals surface area contributed by atoms with Crippen molar-refractivity contribution in [2.45, 2.75) is 49.3 Å². The predicted octanol–water partition coefficient (Wildman–Crippen LogP) is 3.85. The van der Waals surface area contributed by atoms with E-state index in [0.29, 0.717) is 23.0 Å². The number of hydrogen-bond acceptors (Lipinski definition) is 6. The zero-order valence-electron chi connectivity index (χ0n) is 17.8. The number of ether oxygens (including phenoxy) is 1. The maximum absolute atomic E-state index is 12.6. The van der Waals surface area contributed by atoms with Gasteiger partial charge in [-0.15, -0.1) is 11.3 Å². The van der Waals surface area contributed by atoms with Crippen LogP contribution in [0.5, 0.6) is 5.75 Å². The first-order chi connectivity index (χ1) is 15.5. The summed E-state index contributed by atoms with van der Waals surface area (Å²) in [5.41, 5.74) is 2.13. The largest absolute Gasteiger partial charge is 0.484 e. The summed E-state index contributed by atoms with van der Waals surface area (Å²) in [6, 6.07) is 9.04. The number of aryl methyl sites for hydroxylation is 2. The number of sulfonamides is 1. The van der Waals surface area contributed by atoms with Gasteiger partial charge in [-0.1, -0.05) is 0 Å². The molecule has 170 valence electrons. The van der Waals surface area contributed by atoms with Crippen LogP contribution in [0.1, 0.15) is 41.9 Å². The van der Waals surface area contributed by atoms with Gasteiger partial charge >= 0.3 is 0 Å². The number of thiophene rings is 1. The molecule has 2 aromatic heterocycles. The van der Waals surface area contributed by atoms with Crippen molar-refractivity contribution in [3.63, 3.8) is 0 Å². The molecule has 9 heteroatoms. The molecular formula is C23H26N2O5S2. The molecule has 1 aliphatic carbocycles. The Hall–Kier alpha value is -2.36. The van der Waals surface area contributed by atoms with Crippen molar-refractivity contribution < 1.29 is 22.4 Å². The van der Waals surface area contributed by atoms with Crippen LogP contribution in [0, 0.1) is 0 Å². The van der Waals surface area contributed by atoms with Crippen LogP contribution in [0.4, 0.5) is 0 Å². The van der Waals surface area contributed by atoms with Crippen LogP contribution in [0.25, 0.3) is 11.0 Å². The van der Waals surface area contributed by atoms with Gasteiger partial charge in [0.2, 0.25) is 0 Å². The Kier molecular flexibility index (Phi) is 5.96. The summed E-state index contributed by atoms with van der Waals surface area (Å²) in [6.45, 7) is 1.33. The van der Waals surface area contributed by atoms with E-state index in [1.165, 1.54) is 27.6 Å². The highest BCUT2D eigenvalue weighted by Crippen LogP contribution is 2.34. The molecule has 32 heavy (non-hydrogen) atoms. The van der Waals surface area contributed by atoms with Crippen LogP contribution in [0.3, 0.4) is 0 Å². The second-order valence-electron chi connectivity index (χ2n) is 8.27. The summed E-state index contributed by atoms with van der Waals surface area (Å²) >= 11 is 1.20. The maximum atomic E-state index is 12.6. The Morgan fingerprint density at radius 2 is 1.91 bits per heavy atom. The quantitative estimate of drug-likeness (QED) is 0.562. The Labute approximate surface area is 191 Å². The van der Waals surface area contributed by atoms with Crippen molar-refractivity contribution >= 4 is 38.2 Å². The van der Waals surface area contributed by atoms with Gasteiger partial charge in [0, 0.05) is 35.3 Å². The van der Waals surface area contributed by atoms with Gasteiger partial charge in [0.1, 0.15) is 21.3 Å². The van der Waals surface area contributed by atoms with E-state index in [1.54, 1.807) is 12.1 Å². The normalized spacial score (nSPS) is 16.9. The molecule has 2 aliphatic rings. The third-order valence-electron chi connectivity index (χ3n) is 6.05. The van der Waals surface area contributed by atoms with Crippen molar-refractivity contribution in [1.82, 2.24) is 9.62 Å². The van der Waals surface area contributed by atoms with E-state index < -0.39 is 10.0 Å². The minimum absolute atomic E-state index is 0.101. The fourth-order valence-electron chi connectivity index (χ4n) is 4.36. The first kappa shape index (κ1) is 21.5. The van der Waals surface area contributed by atoms with E-state index in [0.717, 1.165) is 53.7 Å². The zero-order valence-corrected chi connectivity index (χ0v) is 19.4. The molecule has 3 heterocycles. The van der Waals surface area contributed by atoms with Crippen LogP contribution >= 0.6 is 11.3 Å². The average Bonchev–Trinajstić information content (AvgIpc) is 3.56. The van der Waals surface area contributed by atoms with Gasteiger partial charge in [-0.3, -0.25) is 4.79 Å². The molecule has 1 amide bonds. The summed E-state index contributed by atoms with van der Waals surface area (Å²) in [5, 5.41) is 3.88. The van der Waals surface area contributed by atoms with Crippen LogP contribution in [-0.4, -0.2) is 38.3 Å². The summed E-state index contributed by atoms with van der Waals surface area (Å²) in [6.07, 6.45) is 6.13. The molecule has 1 N–H and O–H groups in total. The van der Waals surface area contributed by atoms with E-state index in [-0.39, 0.29) is 19.1 Å². The van der Waals surface area contributed by atoms with Gasteiger partial charge in [0.15, 0.2) is 6.61 Å². The highest BCUT2D eigenvalue weighted by molar-refractivity contribution is 7.91. The molecule has 0 bridgehead atoms. The lowest BCUT2D eigenvalue weighted by molar-refractivity contribution is -0.123. The van der Waals surface area contributed by atoms with Crippen LogP contribution in [-0.2, 0) is 34.2 Å². The molecule has 3 aromatic rings. The third-order valence-corrected chi connectivity index (χ3v) is 9.50. The highest BCUT2D eigenvalue weighted by atomic mass is 32.2. The van der Waals surface area contributed by atoms with Gasteiger partial charge in [0.25, 0.3) is 15.9 Å². The van der Waals surface area contributed by atoms with Crippen molar-refractivity contribution in [3.8, 4) is 5.75 Å². The topological polar surface area (TPSA) is 88.8 Å². The van der Waals surface area contributed by atoms with E-state index in [1.807, 2.05) is 18.2 Å². The lowest BCUT2D eigenvalue weighted by atomic mass is 9.96. The van der Waals surface area contributed by atoms with E-state index in [2.05, 4.69) is 5.32 Å². The van der Waals surface area contributed by atoms with Crippen molar-refractivity contribution in [1.29, 1.82) is 0 Å². The number of benzene rings is 1. The average molecular weight is 475 g/mol. The molecule has 0 unspecified atom stereocenters. The maximum Gasteiger partial charge on any atom is 0.258 e. The number of nitrogens with zero attached hydrogens (tertiary/aromatic N) is 1. The molecule has 7 nitrogen and oxygen atoms in total. The number of fused-ring (bicyclic) bond motifs is 3. The molecule has 1 aliphatic heterocycles. The highest BCUT2D eigenvalue weighted by Gasteiger charge is 2.28. The number of carbonyl (C=O) groups excluding carboxylic acids is 1. The number of hydrogen-bond donors (Lipinski definition) is 1. The fraction of sp³-hybridized carbons (Fsp3) is 0.435. The lowest BCUT2D eigenvalue weighted by Gasteiger charge is -2.13. The second kappa shape index (κ2) is 8.88. The molecule has 0 saturated carbocycles. The molecule has 1 saturated heterocycles. The second-order valence-corrected chi connectivity index (χ2v) is 11.6. The number of nitrogens with one attached hydrogen (secondary N) is 1. The molecular weight excluding hydrogens is 448 g/mol. The molecule has 1 aromatic carbocycles. The molecule has 0 atom stereocenters. The van der Waals surface area contributed by atoms with E-state index in [4.69, 9.17) is 9.15 Å². The van der Waals surface area contributed by atoms with E-state index in [9.17, 15) is 13.2 Å². The van der Waals surface area contributed by atoms with Gasteiger partial charge in [-0.25, -0.2) is 8.42 Å². The van der Waals surface area contributed by atoms with Gasteiger partial charge in [-0.05, 0) is 62.4 Å². The van der Waals surface area contributed by atoms with Crippen molar-refractivity contribution in [2.75, 3.05) is 19.7 Å². The Morgan fingerprint density at radius 1 is 1.09 bits per heavy atom. The predicted molar refractivity (Wildman–Crippen MR) is 123 cm³/mol. The summed E-state index contributed by atoms with van der Waals surface area (Å²) < 4.78 is 38.8. The zero-order chi connectivity index (χ0) is 22.1. The fourth-order valence-corrected chi connectivity index (χ4v) is 7.33. The van der Waals surface area contributed by atoms with Crippen LogP contribution in [0.2, 0.25) is 0 Å². The van der Waals surface area contributed by atoms with Crippen LogP contribution < -0.4 is 10.1 Å². The molecule has 1 fully saturated rings. The minimum Gasteiger partial charge on any atom is -0.484 e. The summed E-state index contributed by atoms with van der Waals surface area (Å²) in [4.78, 5) is 13.1. The Balaban J connectivity index is 1.16. The first-order valence-electron chi connectivity index (χ1n) is 11.0. The Morgan fingerprint density at radius 3 is 2.75 bits per heavy atom. The van der Waals surface area contributed by atoms with Crippen molar-refractivity contribution in [2.24, 2.45) is 0 Å². The number of carbonyl (C=O) groups is 1. The molecule has 0 radical (unpaired) electrons. The standard InChI is InChI=1S/C23H26N2O5S2/c26-22(24-14-17-8-10-23(31-17)32(27,28)25-11-3-4-12-25)15-29-16-7-9-21-19(13-16)18-5-1-2-6-20(18)30-21/h7-10,13H,1-6,11-12,14-15H2,(H,24,26). The SMILES string of the molecule is O=C(COc1ccc2oc3c(c2c1)CCCC3)NCc1ccc(S(=O)(=O)N2CCCC2)s1. The lowest BCUT2D eigenvalue weighted by Crippen LogP contribution is -2.28. The summed E-state index contributed by atoms with van der Waals surface area (Å²) in [5.74, 6) is 1.46. The molecule has 5 rings (SSSR count). The van der Waals surface area contributed by atoms with Crippen molar-refractivity contribution in [3.05, 3.63) is 46.5 Å². The Bertz CT molecular complexity index is 1240. The van der Waals surface area contributed by atoms with Crippen LogP contribution in [0.15, 0.2) is 39.0 Å². The minimum atomic E-state index is -3.42. The molecule has 0 spiro atoms. The first-order valence-corrected chi connectivity index (χ1v) is 13.3. The number of amides is 1. The van der Waals surface area contributed by atoms with Gasteiger partial charge in [0.05, 0.1) is 6.54 Å². The van der Waals surface area contributed by atoms with Gasteiger partial charge in [-0.2, -0.15) is 4.31 Å².